The Morgan fingerprint density at radius 3 is 2.81 bits per heavy atom. The third-order valence-electron chi connectivity index (χ3n) is 3.16. The van der Waals surface area contributed by atoms with Gasteiger partial charge in [-0.3, -0.25) is 0 Å². The molecule has 0 amide bonds. The van der Waals surface area contributed by atoms with Crippen LogP contribution in [-0.4, -0.2) is 14.5 Å². The van der Waals surface area contributed by atoms with Crippen LogP contribution < -0.4 is 0 Å². The maximum atomic E-state index is 13.8. The van der Waals surface area contributed by atoms with Crippen molar-refractivity contribution in [2.24, 2.45) is 0 Å². The fraction of sp³-hybridized carbons (Fsp3) is 0.286. The monoisotopic (exact) mass is 343 g/mol. The zero-order valence-electron chi connectivity index (χ0n) is 11.4. The lowest BCUT2D eigenvalue weighted by Gasteiger charge is -2.09. The van der Waals surface area contributed by atoms with Crippen LogP contribution in [-0.2, 0) is 6.54 Å². The summed E-state index contributed by atoms with van der Waals surface area (Å²) in [6.07, 6.45) is 1.82. The smallest absolute Gasteiger partial charge is 0.144 e. The second-order valence-electron chi connectivity index (χ2n) is 4.77. The summed E-state index contributed by atoms with van der Waals surface area (Å²) in [6.45, 7) is 4.36. The van der Waals surface area contributed by atoms with Crippen LogP contribution in [0.2, 0.25) is 5.02 Å². The van der Waals surface area contributed by atoms with Gasteiger partial charge in [0.05, 0.1) is 33.0 Å². The van der Waals surface area contributed by atoms with Gasteiger partial charge in [0.2, 0.25) is 0 Å². The number of nitrogens with zero attached hydrogens (tertiary/aromatic N) is 3. The first kappa shape index (κ1) is 14.8. The van der Waals surface area contributed by atoms with E-state index in [1.54, 1.807) is 11.3 Å². The molecule has 0 saturated heterocycles. The van der Waals surface area contributed by atoms with Gasteiger partial charge in [-0.2, -0.15) is 0 Å². The Balaban J connectivity index is 2.17. The van der Waals surface area contributed by atoms with Crippen LogP contribution >= 0.6 is 34.5 Å². The molecule has 1 unspecified atom stereocenters. The Morgan fingerprint density at radius 2 is 2.19 bits per heavy atom. The minimum absolute atomic E-state index is 0.0644. The van der Waals surface area contributed by atoms with E-state index in [1.165, 1.54) is 12.1 Å². The van der Waals surface area contributed by atoms with Crippen molar-refractivity contribution in [3.63, 3.8) is 0 Å². The number of aromatic nitrogens is 3. The van der Waals surface area contributed by atoms with Crippen LogP contribution in [0.25, 0.3) is 11.0 Å². The summed E-state index contributed by atoms with van der Waals surface area (Å²) in [7, 11) is 0. The molecule has 0 fully saturated rings. The lowest BCUT2D eigenvalue weighted by molar-refractivity contribution is 0.628. The van der Waals surface area contributed by atoms with E-state index in [0.717, 1.165) is 9.88 Å². The Kier molecular flexibility index (Phi) is 3.90. The maximum Gasteiger partial charge on any atom is 0.144 e. The van der Waals surface area contributed by atoms with Gasteiger partial charge in [-0.1, -0.05) is 11.6 Å². The zero-order valence-corrected chi connectivity index (χ0v) is 13.7. The molecule has 0 bridgehead atoms. The Morgan fingerprint density at radius 1 is 1.43 bits per heavy atom. The first-order valence-electron chi connectivity index (χ1n) is 6.36. The van der Waals surface area contributed by atoms with Crippen molar-refractivity contribution < 1.29 is 4.39 Å². The quantitative estimate of drug-likeness (QED) is 0.630. The molecular weight excluding hydrogens is 332 g/mol. The maximum absolute atomic E-state index is 13.8. The Labute approximate surface area is 135 Å². The molecule has 110 valence electrons. The van der Waals surface area contributed by atoms with Crippen molar-refractivity contribution in [1.29, 1.82) is 0 Å². The third kappa shape index (κ3) is 2.78. The lowest BCUT2D eigenvalue weighted by Crippen LogP contribution is -2.04. The van der Waals surface area contributed by atoms with Crippen molar-refractivity contribution in [3.8, 4) is 0 Å². The molecule has 2 aromatic heterocycles. The van der Waals surface area contributed by atoms with E-state index in [0.29, 0.717) is 23.4 Å². The first-order chi connectivity index (χ1) is 9.95. The van der Waals surface area contributed by atoms with Crippen molar-refractivity contribution in [3.05, 3.63) is 44.9 Å². The molecule has 7 heteroatoms. The number of halogens is 3. The van der Waals surface area contributed by atoms with Crippen LogP contribution in [0.5, 0.6) is 0 Å². The van der Waals surface area contributed by atoms with Crippen LogP contribution in [0.3, 0.4) is 0 Å². The number of hydrogen-bond acceptors (Lipinski definition) is 3. The van der Waals surface area contributed by atoms with Crippen molar-refractivity contribution >= 4 is 45.6 Å². The van der Waals surface area contributed by atoms with Crippen LogP contribution in [0.15, 0.2) is 18.3 Å². The van der Waals surface area contributed by atoms with E-state index < -0.39 is 5.82 Å². The Hall–Kier alpha value is -1.17. The second-order valence-corrected chi connectivity index (χ2v) is 7.15. The van der Waals surface area contributed by atoms with Gasteiger partial charge in [0, 0.05) is 17.1 Å². The van der Waals surface area contributed by atoms with E-state index in [-0.39, 0.29) is 10.4 Å². The highest BCUT2D eigenvalue weighted by molar-refractivity contribution is 7.11. The van der Waals surface area contributed by atoms with E-state index >= 15 is 0 Å². The molecule has 3 nitrogen and oxygen atoms in total. The average molecular weight is 344 g/mol. The Bertz CT molecular complexity index is 810. The number of thiazole rings is 1. The molecule has 2 heterocycles. The second kappa shape index (κ2) is 5.55. The summed E-state index contributed by atoms with van der Waals surface area (Å²) < 4.78 is 15.7. The molecule has 3 aromatic rings. The topological polar surface area (TPSA) is 30.7 Å². The molecule has 0 spiro atoms. The van der Waals surface area contributed by atoms with Crippen molar-refractivity contribution in [2.75, 3.05) is 0 Å². The van der Waals surface area contributed by atoms with E-state index in [1.807, 2.05) is 24.6 Å². The molecular formula is C14H12Cl2FN3S. The summed E-state index contributed by atoms with van der Waals surface area (Å²) in [6, 6.07) is 2.94. The van der Waals surface area contributed by atoms with Crippen LogP contribution in [0.4, 0.5) is 4.39 Å². The number of aryl methyl sites for hydroxylation is 1. The molecule has 0 radical (unpaired) electrons. The fourth-order valence-corrected chi connectivity index (χ4v) is 3.35. The number of fused-ring (bicyclic) bond motifs is 1. The van der Waals surface area contributed by atoms with Gasteiger partial charge in [-0.05, 0) is 19.9 Å². The van der Waals surface area contributed by atoms with Crippen LogP contribution in [0, 0.1) is 12.7 Å². The number of benzene rings is 1. The average Bonchev–Trinajstić information content (AvgIpc) is 2.96. The van der Waals surface area contributed by atoms with Gasteiger partial charge in [0.25, 0.3) is 0 Å². The summed E-state index contributed by atoms with van der Waals surface area (Å²) >= 11 is 13.6. The molecule has 21 heavy (non-hydrogen) atoms. The SMILES string of the molecule is Cc1ncc(Cn2c(C(C)Cl)nc3cc(Cl)c(F)cc32)s1. The third-order valence-corrected chi connectivity index (χ3v) is 4.54. The highest BCUT2D eigenvalue weighted by atomic mass is 35.5. The summed E-state index contributed by atoms with van der Waals surface area (Å²) in [5.74, 6) is 0.235. The molecule has 0 aliphatic carbocycles. The summed E-state index contributed by atoms with van der Waals surface area (Å²) in [5.41, 5.74) is 1.33. The van der Waals surface area contributed by atoms with Gasteiger partial charge < -0.3 is 4.57 Å². The molecule has 0 saturated carbocycles. The molecule has 0 aliphatic heterocycles. The predicted octanol–water partition coefficient (Wildman–Crippen LogP) is 4.94. The van der Waals surface area contributed by atoms with Crippen molar-refractivity contribution in [1.82, 2.24) is 14.5 Å². The van der Waals surface area contributed by atoms with E-state index in [2.05, 4.69) is 9.97 Å². The number of hydrogen-bond donors (Lipinski definition) is 0. The molecule has 3 rings (SSSR count). The highest BCUT2D eigenvalue weighted by Crippen LogP contribution is 2.29. The number of imidazole rings is 1. The van der Waals surface area contributed by atoms with Gasteiger partial charge in [0.15, 0.2) is 0 Å². The number of alkyl halides is 1. The fourth-order valence-electron chi connectivity index (χ4n) is 2.24. The minimum Gasteiger partial charge on any atom is -0.321 e. The van der Waals surface area contributed by atoms with E-state index in [9.17, 15) is 4.39 Å². The van der Waals surface area contributed by atoms with Gasteiger partial charge in [0.1, 0.15) is 11.6 Å². The largest absolute Gasteiger partial charge is 0.321 e. The molecule has 0 N–H and O–H groups in total. The van der Waals surface area contributed by atoms with Crippen molar-refractivity contribution in [2.45, 2.75) is 25.8 Å². The van der Waals surface area contributed by atoms with Crippen LogP contribution in [0.1, 0.15) is 28.0 Å². The molecule has 1 aromatic carbocycles. The predicted molar refractivity (Wildman–Crippen MR) is 84.9 cm³/mol. The molecule has 0 aliphatic rings. The van der Waals surface area contributed by atoms with Gasteiger partial charge in [-0.15, -0.1) is 22.9 Å². The zero-order chi connectivity index (χ0) is 15.1. The van der Waals surface area contributed by atoms with E-state index in [4.69, 9.17) is 23.2 Å². The summed E-state index contributed by atoms with van der Waals surface area (Å²) in [5, 5.41) is 0.770. The van der Waals surface area contributed by atoms with Gasteiger partial charge in [-0.25, -0.2) is 14.4 Å². The standard InChI is InChI=1S/C14H12Cl2FN3S/c1-7(15)14-19-12-3-10(16)11(17)4-13(12)20(14)6-9-5-18-8(2)21-9/h3-5,7H,6H2,1-2H3. The minimum atomic E-state index is -0.459. The number of rotatable bonds is 3. The summed E-state index contributed by atoms with van der Waals surface area (Å²) in [4.78, 5) is 9.79. The highest BCUT2D eigenvalue weighted by Gasteiger charge is 2.17. The lowest BCUT2D eigenvalue weighted by atomic mass is 10.3. The van der Waals surface area contributed by atoms with Gasteiger partial charge >= 0.3 is 0 Å². The normalized spacial score (nSPS) is 13.0. The molecule has 1 atom stereocenters. The first-order valence-corrected chi connectivity index (χ1v) is 7.99.